The molecule has 25 heavy (non-hydrogen) atoms. The number of aromatic nitrogens is 3. The number of hydrogen-bond acceptors (Lipinski definition) is 7. The monoisotopic (exact) mass is 358 g/mol. The van der Waals surface area contributed by atoms with Gasteiger partial charge in [0.15, 0.2) is 5.82 Å². The van der Waals surface area contributed by atoms with Crippen LogP contribution in [-0.2, 0) is 6.54 Å². The Balaban J connectivity index is 1.63. The number of fused-ring (bicyclic) bond motifs is 1. The lowest BCUT2D eigenvalue weighted by Crippen LogP contribution is -2.33. The molecular weight excluding hydrogens is 339 g/mol. The number of nitrogen functional groups attached to an aromatic ring is 2. The summed E-state index contributed by atoms with van der Waals surface area (Å²) in [5, 5.41) is 0.862. The van der Waals surface area contributed by atoms with Gasteiger partial charge < -0.3 is 11.5 Å². The van der Waals surface area contributed by atoms with Gasteiger partial charge in [0.25, 0.3) is 0 Å². The fraction of sp³-hybridized carbons (Fsp3) is 0.353. The fourth-order valence-electron chi connectivity index (χ4n) is 3.06. The quantitative estimate of drug-likeness (QED) is 0.748. The first-order valence-corrected chi connectivity index (χ1v) is 9.03. The number of nitrogens with zero attached hydrogens (tertiary/aromatic N) is 4. The Kier molecular flexibility index (Phi) is 4.22. The van der Waals surface area contributed by atoms with E-state index in [1.54, 1.807) is 29.8 Å². The zero-order valence-corrected chi connectivity index (χ0v) is 14.5. The third-order valence-electron chi connectivity index (χ3n) is 4.39. The van der Waals surface area contributed by atoms with E-state index in [1.807, 2.05) is 6.07 Å². The van der Waals surface area contributed by atoms with E-state index in [4.69, 9.17) is 11.5 Å². The Morgan fingerprint density at radius 3 is 2.72 bits per heavy atom. The van der Waals surface area contributed by atoms with Gasteiger partial charge in [-0.15, -0.1) is 11.3 Å². The molecule has 4 heterocycles. The number of anilines is 2. The summed E-state index contributed by atoms with van der Waals surface area (Å²) in [6.45, 7) is 2.37. The van der Waals surface area contributed by atoms with Gasteiger partial charge in [0.05, 0.1) is 11.1 Å². The second-order valence-corrected chi connectivity index (χ2v) is 7.44. The number of pyridine rings is 1. The molecule has 3 aromatic rings. The molecule has 0 atom stereocenters. The van der Waals surface area contributed by atoms with Crippen molar-refractivity contribution < 1.29 is 4.39 Å². The summed E-state index contributed by atoms with van der Waals surface area (Å²) in [5.74, 6) is 0.976. The zero-order chi connectivity index (χ0) is 17.4. The number of hydrogen-bond donors (Lipinski definition) is 2. The standard InChI is InChI=1S/C17H19FN6S/c18-11-1-3-24(4-2-11)9-13-6-14-15(20)22-16(23-17(14)25-13)10-5-12(19)8-21-7-10/h5-8,11H,1-4,9,19H2,(H2,20,22,23). The van der Waals surface area contributed by atoms with E-state index in [-0.39, 0.29) is 0 Å². The topological polar surface area (TPSA) is 93.9 Å². The van der Waals surface area contributed by atoms with Crippen molar-refractivity contribution in [1.29, 1.82) is 0 Å². The third kappa shape index (κ3) is 3.40. The molecule has 4 rings (SSSR count). The van der Waals surface area contributed by atoms with E-state index in [2.05, 4.69) is 19.9 Å². The van der Waals surface area contributed by atoms with Gasteiger partial charge >= 0.3 is 0 Å². The minimum atomic E-state index is -0.658. The summed E-state index contributed by atoms with van der Waals surface area (Å²) in [5.41, 5.74) is 13.2. The zero-order valence-electron chi connectivity index (χ0n) is 13.7. The van der Waals surface area contributed by atoms with E-state index in [0.717, 1.165) is 40.3 Å². The van der Waals surface area contributed by atoms with Crippen LogP contribution < -0.4 is 11.5 Å². The molecule has 0 amide bonds. The van der Waals surface area contributed by atoms with Gasteiger partial charge in [-0.05, 0) is 25.0 Å². The summed E-state index contributed by atoms with van der Waals surface area (Å²) in [4.78, 5) is 17.4. The van der Waals surface area contributed by atoms with Crippen LogP contribution in [0.15, 0.2) is 24.5 Å². The minimum absolute atomic E-state index is 0.451. The van der Waals surface area contributed by atoms with Gasteiger partial charge in [-0.3, -0.25) is 9.88 Å². The maximum atomic E-state index is 13.3. The molecule has 0 radical (unpaired) electrons. The van der Waals surface area contributed by atoms with Gasteiger partial charge in [0, 0.05) is 42.5 Å². The lowest BCUT2D eigenvalue weighted by molar-refractivity contribution is 0.146. The summed E-state index contributed by atoms with van der Waals surface area (Å²) in [6.07, 6.45) is 3.82. The maximum Gasteiger partial charge on any atom is 0.164 e. The molecule has 0 saturated carbocycles. The largest absolute Gasteiger partial charge is 0.397 e. The second-order valence-electron chi connectivity index (χ2n) is 6.32. The van der Waals surface area contributed by atoms with E-state index in [9.17, 15) is 4.39 Å². The van der Waals surface area contributed by atoms with Crippen LogP contribution >= 0.6 is 11.3 Å². The van der Waals surface area contributed by atoms with Crippen molar-refractivity contribution in [2.45, 2.75) is 25.6 Å². The lowest BCUT2D eigenvalue weighted by Gasteiger charge is -2.27. The van der Waals surface area contributed by atoms with Crippen molar-refractivity contribution in [1.82, 2.24) is 19.9 Å². The Morgan fingerprint density at radius 1 is 1.16 bits per heavy atom. The van der Waals surface area contributed by atoms with E-state index < -0.39 is 6.17 Å². The van der Waals surface area contributed by atoms with Crippen molar-refractivity contribution in [2.24, 2.45) is 0 Å². The highest BCUT2D eigenvalue weighted by molar-refractivity contribution is 7.18. The summed E-state index contributed by atoms with van der Waals surface area (Å²) in [6, 6.07) is 3.82. The summed E-state index contributed by atoms with van der Waals surface area (Å²) >= 11 is 1.60. The molecule has 1 fully saturated rings. The third-order valence-corrected chi connectivity index (χ3v) is 5.40. The molecule has 0 aromatic carbocycles. The second kappa shape index (κ2) is 6.53. The highest BCUT2D eigenvalue weighted by Crippen LogP contribution is 2.31. The molecule has 8 heteroatoms. The molecule has 0 bridgehead atoms. The molecular formula is C17H19FN6S. The Labute approximate surface area is 148 Å². The predicted molar refractivity (Wildman–Crippen MR) is 98.9 cm³/mol. The molecule has 0 unspecified atom stereocenters. The van der Waals surface area contributed by atoms with Crippen LogP contribution in [0, 0.1) is 0 Å². The van der Waals surface area contributed by atoms with Crippen LogP contribution in [-0.4, -0.2) is 39.1 Å². The average Bonchev–Trinajstić information content (AvgIpc) is 3.00. The minimum Gasteiger partial charge on any atom is -0.397 e. The van der Waals surface area contributed by atoms with Crippen molar-refractivity contribution in [2.75, 3.05) is 24.6 Å². The van der Waals surface area contributed by atoms with E-state index in [1.165, 1.54) is 0 Å². The van der Waals surface area contributed by atoms with Gasteiger partial charge in [-0.25, -0.2) is 14.4 Å². The first kappa shape index (κ1) is 16.2. The van der Waals surface area contributed by atoms with Crippen LogP contribution in [0.5, 0.6) is 0 Å². The number of nitrogens with two attached hydrogens (primary N) is 2. The van der Waals surface area contributed by atoms with Gasteiger partial charge in [-0.1, -0.05) is 0 Å². The predicted octanol–water partition coefficient (Wildman–Crippen LogP) is 2.85. The summed E-state index contributed by atoms with van der Waals surface area (Å²) < 4.78 is 13.3. The normalized spacial score (nSPS) is 16.5. The maximum absolute atomic E-state index is 13.3. The summed E-state index contributed by atoms with van der Waals surface area (Å²) in [7, 11) is 0. The molecule has 0 spiro atoms. The number of halogens is 1. The SMILES string of the molecule is Nc1cncc(-c2nc(N)c3cc(CN4CCC(F)CC4)sc3n2)c1. The first-order valence-electron chi connectivity index (χ1n) is 8.22. The highest BCUT2D eigenvalue weighted by Gasteiger charge is 2.19. The fourth-order valence-corrected chi connectivity index (χ4v) is 4.14. The number of thiophene rings is 1. The average molecular weight is 358 g/mol. The van der Waals surface area contributed by atoms with Crippen LogP contribution in [0.3, 0.4) is 0 Å². The number of likely N-dealkylation sites (tertiary alicyclic amines) is 1. The van der Waals surface area contributed by atoms with Gasteiger partial charge in [0.2, 0.25) is 0 Å². The smallest absolute Gasteiger partial charge is 0.164 e. The molecule has 3 aromatic heterocycles. The molecule has 0 aliphatic carbocycles. The molecule has 4 N–H and O–H groups in total. The van der Waals surface area contributed by atoms with Crippen LogP contribution in [0.1, 0.15) is 17.7 Å². The molecule has 6 nitrogen and oxygen atoms in total. The van der Waals surface area contributed by atoms with Crippen LogP contribution in [0.2, 0.25) is 0 Å². The molecule has 1 aliphatic heterocycles. The number of piperidine rings is 1. The highest BCUT2D eigenvalue weighted by atomic mass is 32.1. The van der Waals surface area contributed by atoms with Crippen LogP contribution in [0.25, 0.3) is 21.6 Å². The van der Waals surface area contributed by atoms with Crippen LogP contribution in [0.4, 0.5) is 15.9 Å². The van der Waals surface area contributed by atoms with Crippen molar-refractivity contribution in [3.05, 3.63) is 29.4 Å². The van der Waals surface area contributed by atoms with Gasteiger partial charge in [0.1, 0.15) is 16.8 Å². The van der Waals surface area contributed by atoms with Crippen molar-refractivity contribution in [3.8, 4) is 11.4 Å². The van der Waals surface area contributed by atoms with E-state index in [0.29, 0.717) is 30.2 Å². The Morgan fingerprint density at radius 2 is 1.96 bits per heavy atom. The number of rotatable bonds is 3. The molecule has 1 aliphatic rings. The molecule has 130 valence electrons. The first-order chi connectivity index (χ1) is 12.1. The Bertz CT molecular complexity index is 903. The van der Waals surface area contributed by atoms with Gasteiger partial charge in [-0.2, -0.15) is 0 Å². The molecule has 1 saturated heterocycles. The lowest BCUT2D eigenvalue weighted by atomic mass is 10.1. The van der Waals surface area contributed by atoms with Crippen molar-refractivity contribution in [3.63, 3.8) is 0 Å². The van der Waals surface area contributed by atoms with E-state index >= 15 is 0 Å². The van der Waals surface area contributed by atoms with Crippen molar-refractivity contribution >= 4 is 33.1 Å². The number of alkyl halides is 1. The Hall–Kier alpha value is -2.32.